The number of rotatable bonds is 3. The zero-order valence-corrected chi connectivity index (χ0v) is 16.0. The topological polar surface area (TPSA) is 37.4 Å². The fourth-order valence-corrected chi connectivity index (χ4v) is 3.96. The Hall–Kier alpha value is -1.27. The van der Waals surface area contributed by atoms with Gasteiger partial charge in [0.1, 0.15) is 0 Å². The molecule has 0 aromatic heterocycles. The Morgan fingerprint density at radius 2 is 1.71 bits per heavy atom. The zero-order valence-electron chi connectivity index (χ0n) is 12.1. The van der Waals surface area contributed by atoms with Crippen molar-refractivity contribution in [1.82, 2.24) is 4.90 Å². The van der Waals surface area contributed by atoms with Crippen LogP contribution in [0.3, 0.4) is 0 Å². The Bertz CT molecular complexity index is 849. The fraction of sp³-hybridized carbons (Fsp3) is 0.0588. The van der Waals surface area contributed by atoms with Crippen LogP contribution in [0.5, 0.6) is 0 Å². The standard InChI is InChI=1S/C17H10BrCl2NO2S/c18-12-5-2-1-4-10(12)8-15-16(22)21(17(23)24-15)9-11-13(19)6-3-7-14(11)20/h1-8H,9H2/b15-8-. The van der Waals surface area contributed by atoms with E-state index in [1.54, 1.807) is 24.3 Å². The van der Waals surface area contributed by atoms with Crippen LogP contribution in [0.1, 0.15) is 11.1 Å². The van der Waals surface area contributed by atoms with Gasteiger partial charge in [0.2, 0.25) is 0 Å². The summed E-state index contributed by atoms with van der Waals surface area (Å²) in [7, 11) is 0. The van der Waals surface area contributed by atoms with Gasteiger partial charge in [-0.2, -0.15) is 0 Å². The quantitative estimate of drug-likeness (QED) is 0.547. The maximum atomic E-state index is 12.6. The molecule has 0 aliphatic carbocycles. The minimum Gasteiger partial charge on any atom is -0.268 e. The molecule has 2 aromatic rings. The van der Waals surface area contributed by atoms with E-state index in [0.29, 0.717) is 20.5 Å². The first-order chi connectivity index (χ1) is 11.5. The van der Waals surface area contributed by atoms with Crippen LogP contribution in [0.4, 0.5) is 4.79 Å². The predicted molar refractivity (Wildman–Crippen MR) is 102 cm³/mol. The number of hydrogen-bond acceptors (Lipinski definition) is 3. The second-order valence-electron chi connectivity index (χ2n) is 4.99. The lowest BCUT2D eigenvalue weighted by Gasteiger charge is -2.14. The number of carbonyl (C=O) groups excluding carboxylic acids is 2. The molecule has 1 aliphatic rings. The third-order valence-electron chi connectivity index (χ3n) is 3.44. The molecule has 1 fully saturated rings. The smallest absolute Gasteiger partial charge is 0.268 e. The molecule has 3 rings (SSSR count). The number of imide groups is 1. The SMILES string of the molecule is O=C1S/C(=C\c2ccccc2Br)C(=O)N1Cc1c(Cl)cccc1Cl. The molecule has 0 bridgehead atoms. The highest BCUT2D eigenvalue weighted by Crippen LogP contribution is 2.36. The zero-order chi connectivity index (χ0) is 17.3. The number of hydrogen-bond donors (Lipinski definition) is 0. The summed E-state index contributed by atoms with van der Waals surface area (Å²) in [5.41, 5.74) is 1.39. The number of carbonyl (C=O) groups is 2. The highest BCUT2D eigenvalue weighted by atomic mass is 79.9. The van der Waals surface area contributed by atoms with Crippen molar-refractivity contribution in [3.05, 3.63) is 73.0 Å². The second-order valence-corrected chi connectivity index (χ2v) is 7.65. The van der Waals surface area contributed by atoms with Crippen LogP contribution in [0, 0.1) is 0 Å². The van der Waals surface area contributed by atoms with Gasteiger partial charge in [-0.1, -0.05) is 63.4 Å². The summed E-state index contributed by atoms with van der Waals surface area (Å²) < 4.78 is 0.853. The Balaban J connectivity index is 1.89. The van der Waals surface area contributed by atoms with Crippen molar-refractivity contribution in [3.8, 4) is 0 Å². The van der Waals surface area contributed by atoms with Crippen LogP contribution in [-0.2, 0) is 11.3 Å². The van der Waals surface area contributed by atoms with Crippen molar-refractivity contribution < 1.29 is 9.59 Å². The summed E-state index contributed by atoms with van der Waals surface area (Å²) in [6.45, 7) is 0.0521. The average molecular weight is 443 g/mol. The van der Waals surface area contributed by atoms with Gasteiger partial charge in [-0.25, -0.2) is 0 Å². The van der Waals surface area contributed by atoms with Crippen LogP contribution in [0.2, 0.25) is 10.0 Å². The summed E-state index contributed by atoms with van der Waals surface area (Å²) in [6.07, 6.45) is 1.70. The molecule has 0 saturated carbocycles. The molecule has 1 saturated heterocycles. The number of benzene rings is 2. The van der Waals surface area contributed by atoms with E-state index in [1.807, 2.05) is 24.3 Å². The van der Waals surface area contributed by atoms with Crippen molar-refractivity contribution in [2.24, 2.45) is 0 Å². The van der Waals surface area contributed by atoms with Gasteiger partial charge >= 0.3 is 0 Å². The van der Waals surface area contributed by atoms with E-state index < -0.39 is 0 Å². The molecule has 24 heavy (non-hydrogen) atoms. The molecule has 2 amide bonds. The number of halogens is 3. The summed E-state index contributed by atoms with van der Waals surface area (Å²) in [5, 5.41) is 0.516. The Labute approximate surface area is 161 Å². The van der Waals surface area contributed by atoms with Crippen molar-refractivity contribution in [1.29, 1.82) is 0 Å². The Kier molecular flexibility index (Phi) is 5.35. The molecule has 0 radical (unpaired) electrons. The van der Waals surface area contributed by atoms with E-state index >= 15 is 0 Å². The van der Waals surface area contributed by atoms with Gasteiger partial charge in [-0.05, 0) is 41.6 Å². The van der Waals surface area contributed by atoms with E-state index in [9.17, 15) is 9.59 Å². The van der Waals surface area contributed by atoms with Gasteiger partial charge in [0, 0.05) is 20.1 Å². The van der Waals surface area contributed by atoms with Crippen molar-refractivity contribution >= 4 is 68.1 Å². The first-order valence-electron chi connectivity index (χ1n) is 6.90. The van der Waals surface area contributed by atoms with E-state index in [2.05, 4.69) is 15.9 Å². The Morgan fingerprint density at radius 3 is 2.38 bits per heavy atom. The van der Waals surface area contributed by atoms with Gasteiger partial charge in [-0.3, -0.25) is 14.5 Å². The van der Waals surface area contributed by atoms with Crippen LogP contribution in [0.25, 0.3) is 6.08 Å². The second kappa shape index (κ2) is 7.31. The van der Waals surface area contributed by atoms with Crippen LogP contribution >= 0.6 is 50.9 Å². The van der Waals surface area contributed by atoms with Crippen molar-refractivity contribution in [2.75, 3.05) is 0 Å². The number of amides is 2. The molecule has 0 atom stereocenters. The maximum absolute atomic E-state index is 12.6. The molecule has 0 unspecified atom stereocenters. The van der Waals surface area contributed by atoms with Crippen LogP contribution in [-0.4, -0.2) is 16.0 Å². The molecule has 0 spiro atoms. The maximum Gasteiger partial charge on any atom is 0.293 e. The molecular formula is C17H10BrCl2NO2S. The molecular weight excluding hydrogens is 433 g/mol. The summed E-state index contributed by atoms with van der Waals surface area (Å²) in [5.74, 6) is -0.350. The predicted octanol–water partition coefficient (Wildman–Crippen LogP) is 5.99. The van der Waals surface area contributed by atoms with Gasteiger partial charge < -0.3 is 0 Å². The van der Waals surface area contributed by atoms with E-state index in [4.69, 9.17) is 23.2 Å². The van der Waals surface area contributed by atoms with Crippen LogP contribution in [0.15, 0.2) is 51.8 Å². The summed E-state index contributed by atoms with van der Waals surface area (Å²) in [6, 6.07) is 12.6. The number of thioether (sulfide) groups is 1. The van der Waals surface area contributed by atoms with E-state index in [0.717, 1.165) is 26.7 Å². The summed E-state index contributed by atoms with van der Waals surface area (Å²) >= 11 is 16.6. The molecule has 7 heteroatoms. The van der Waals surface area contributed by atoms with Gasteiger partial charge in [0.25, 0.3) is 11.1 Å². The van der Waals surface area contributed by atoms with Crippen molar-refractivity contribution in [3.63, 3.8) is 0 Å². The van der Waals surface area contributed by atoms with E-state index in [1.165, 1.54) is 0 Å². The lowest BCUT2D eigenvalue weighted by atomic mass is 10.2. The van der Waals surface area contributed by atoms with Crippen molar-refractivity contribution in [2.45, 2.75) is 6.54 Å². The van der Waals surface area contributed by atoms with E-state index in [-0.39, 0.29) is 17.7 Å². The largest absolute Gasteiger partial charge is 0.293 e. The first-order valence-corrected chi connectivity index (χ1v) is 9.26. The third-order valence-corrected chi connectivity index (χ3v) is 5.78. The Morgan fingerprint density at radius 1 is 1.04 bits per heavy atom. The highest BCUT2D eigenvalue weighted by molar-refractivity contribution is 9.10. The molecule has 0 N–H and O–H groups in total. The van der Waals surface area contributed by atoms with Crippen LogP contribution < -0.4 is 0 Å². The minimum absolute atomic E-state index is 0.0521. The molecule has 122 valence electrons. The third kappa shape index (κ3) is 3.54. The highest BCUT2D eigenvalue weighted by Gasteiger charge is 2.35. The summed E-state index contributed by atoms with van der Waals surface area (Å²) in [4.78, 5) is 26.3. The van der Waals surface area contributed by atoms with Gasteiger partial charge in [0.15, 0.2) is 0 Å². The average Bonchev–Trinajstić information content (AvgIpc) is 2.80. The first kappa shape index (κ1) is 17.5. The monoisotopic (exact) mass is 441 g/mol. The van der Waals surface area contributed by atoms with Gasteiger partial charge in [0.05, 0.1) is 11.4 Å². The fourth-order valence-electron chi connectivity index (χ4n) is 2.21. The molecule has 2 aromatic carbocycles. The minimum atomic E-state index is -0.350. The normalized spacial score (nSPS) is 16.3. The molecule has 3 nitrogen and oxygen atoms in total. The molecule has 1 heterocycles. The lowest BCUT2D eigenvalue weighted by molar-refractivity contribution is -0.123. The lowest BCUT2D eigenvalue weighted by Crippen LogP contribution is -2.27. The van der Waals surface area contributed by atoms with Gasteiger partial charge in [-0.15, -0.1) is 0 Å². The molecule has 1 aliphatic heterocycles. The number of nitrogens with zero attached hydrogens (tertiary/aromatic N) is 1.